The Hall–Kier alpha value is -0.350. The summed E-state index contributed by atoms with van der Waals surface area (Å²) in [6, 6.07) is 0.548. The van der Waals surface area contributed by atoms with Crippen molar-refractivity contribution in [3.8, 4) is 0 Å². The second kappa shape index (κ2) is 9.85. The van der Waals surface area contributed by atoms with E-state index in [4.69, 9.17) is 17.0 Å². The van der Waals surface area contributed by atoms with Gasteiger partial charge in [-0.3, -0.25) is 0 Å². The lowest BCUT2D eigenvalue weighted by molar-refractivity contribution is 0.145. The summed E-state index contributed by atoms with van der Waals surface area (Å²) in [5.41, 5.74) is 0. The predicted octanol–water partition coefficient (Wildman–Crippen LogP) is 2.41. The van der Waals surface area contributed by atoms with Crippen LogP contribution >= 0.6 is 12.2 Å². The molecule has 0 aliphatic rings. The first-order valence-electron chi connectivity index (χ1n) is 6.25. The Labute approximate surface area is 106 Å². The largest absolute Gasteiger partial charge is 0.382 e. The molecule has 0 heterocycles. The van der Waals surface area contributed by atoms with E-state index in [0.717, 1.165) is 44.1 Å². The topological polar surface area (TPSA) is 24.5 Å². The molecule has 96 valence electrons. The fraction of sp³-hybridized carbons (Fsp3) is 0.917. The monoisotopic (exact) mass is 246 g/mol. The highest BCUT2D eigenvalue weighted by Gasteiger charge is 2.12. The summed E-state index contributed by atoms with van der Waals surface area (Å²) in [7, 11) is 2.07. The minimum Gasteiger partial charge on any atom is -0.382 e. The Bertz CT molecular complexity index is 184. The number of ether oxygens (including phenoxy) is 1. The van der Waals surface area contributed by atoms with E-state index >= 15 is 0 Å². The molecule has 0 rings (SSSR count). The maximum Gasteiger partial charge on any atom is 0.168 e. The summed E-state index contributed by atoms with van der Waals surface area (Å²) >= 11 is 5.34. The van der Waals surface area contributed by atoms with Gasteiger partial charge < -0.3 is 15.0 Å². The van der Waals surface area contributed by atoms with E-state index in [1.807, 2.05) is 6.92 Å². The molecule has 0 fully saturated rings. The molecule has 0 radical (unpaired) electrons. The molecule has 0 saturated carbocycles. The summed E-state index contributed by atoms with van der Waals surface area (Å²) in [6.07, 6.45) is 3.27. The van der Waals surface area contributed by atoms with Crippen LogP contribution in [0.15, 0.2) is 0 Å². The maximum atomic E-state index is 5.34. The first kappa shape index (κ1) is 15.7. The van der Waals surface area contributed by atoms with Crippen LogP contribution in [0.3, 0.4) is 0 Å². The number of nitrogens with zero attached hydrogens (tertiary/aromatic N) is 1. The van der Waals surface area contributed by atoms with Gasteiger partial charge in [-0.15, -0.1) is 0 Å². The van der Waals surface area contributed by atoms with Crippen molar-refractivity contribution in [2.75, 3.05) is 26.8 Å². The molecule has 0 saturated heterocycles. The second-order valence-electron chi connectivity index (χ2n) is 3.86. The van der Waals surface area contributed by atoms with E-state index in [0.29, 0.717) is 6.04 Å². The molecule has 0 spiro atoms. The third-order valence-corrected chi connectivity index (χ3v) is 3.19. The molecule has 0 unspecified atom stereocenters. The van der Waals surface area contributed by atoms with Crippen LogP contribution in [0, 0.1) is 0 Å². The summed E-state index contributed by atoms with van der Waals surface area (Å²) in [4.78, 5) is 2.16. The van der Waals surface area contributed by atoms with Gasteiger partial charge in [-0.05, 0) is 38.4 Å². The van der Waals surface area contributed by atoms with Gasteiger partial charge in [0, 0.05) is 32.8 Å². The van der Waals surface area contributed by atoms with Crippen molar-refractivity contribution in [1.29, 1.82) is 0 Å². The average Bonchev–Trinajstić information content (AvgIpc) is 2.30. The highest BCUT2D eigenvalue weighted by molar-refractivity contribution is 7.80. The average molecular weight is 246 g/mol. The van der Waals surface area contributed by atoms with Crippen LogP contribution in [0.5, 0.6) is 0 Å². The Kier molecular flexibility index (Phi) is 9.63. The molecule has 0 aromatic rings. The van der Waals surface area contributed by atoms with Gasteiger partial charge in [0.2, 0.25) is 0 Å². The van der Waals surface area contributed by atoms with Crippen molar-refractivity contribution >= 4 is 17.3 Å². The van der Waals surface area contributed by atoms with E-state index in [2.05, 4.69) is 31.1 Å². The van der Waals surface area contributed by atoms with Gasteiger partial charge in [0.05, 0.1) is 0 Å². The molecule has 0 aromatic carbocycles. The van der Waals surface area contributed by atoms with Crippen LogP contribution in [0.4, 0.5) is 0 Å². The molecular formula is C12H26N2OS. The summed E-state index contributed by atoms with van der Waals surface area (Å²) in [5, 5.41) is 4.12. The van der Waals surface area contributed by atoms with Gasteiger partial charge in [0.15, 0.2) is 5.11 Å². The van der Waals surface area contributed by atoms with Crippen LogP contribution in [0.25, 0.3) is 0 Å². The smallest absolute Gasteiger partial charge is 0.168 e. The lowest BCUT2D eigenvalue weighted by Gasteiger charge is -2.29. The van der Waals surface area contributed by atoms with Crippen molar-refractivity contribution in [1.82, 2.24) is 10.2 Å². The molecule has 1 N–H and O–H groups in total. The van der Waals surface area contributed by atoms with E-state index in [1.54, 1.807) is 0 Å². The number of hydrogen-bond acceptors (Lipinski definition) is 2. The Balaban J connectivity index is 3.70. The third kappa shape index (κ3) is 6.28. The minimum atomic E-state index is 0.548. The van der Waals surface area contributed by atoms with Crippen molar-refractivity contribution in [3.05, 3.63) is 0 Å². The van der Waals surface area contributed by atoms with Crippen molar-refractivity contribution < 1.29 is 4.74 Å². The second-order valence-corrected chi connectivity index (χ2v) is 4.25. The van der Waals surface area contributed by atoms with Gasteiger partial charge in [-0.2, -0.15) is 0 Å². The van der Waals surface area contributed by atoms with Crippen molar-refractivity contribution in [3.63, 3.8) is 0 Å². The summed E-state index contributed by atoms with van der Waals surface area (Å²) in [6.45, 7) is 8.89. The molecule has 0 aliphatic heterocycles. The van der Waals surface area contributed by atoms with Gasteiger partial charge in [-0.1, -0.05) is 13.8 Å². The van der Waals surface area contributed by atoms with Crippen molar-refractivity contribution in [2.45, 2.75) is 46.1 Å². The molecule has 0 aliphatic carbocycles. The molecule has 0 atom stereocenters. The maximum absolute atomic E-state index is 5.34. The standard InChI is InChI=1S/C12H26N2OS/c1-5-11(6-2)14(4)12(16)13-9-8-10-15-7-3/h11H,5-10H2,1-4H3,(H,13,16). The van der Waals surface area contributed by atoms with E-state index in [-0.39, 0.29) is 0 Å². The quantitative estimate of drug-likeness (QED) is 0.525. The predicted molar refractivity (Wildman–Crippen MR) is 73.8 cm³/mol. The molecular weight excluding hydrogens is 220 g/mol. The van der Waals surface area contributed by atoms with Gasteiger partial charge in [0.1, 0.15) is 0 Å². The molecule has 3 nitrogen and oxygen atoms in total. The Morgan fingerprint density at radius 1 is 1.31 bits per heavy atom. The molecule has 16 heavy (non-hydrogen) atoms. The third-order valence-electron chi connectivity index (χ3n) is 2.76. The number of thiocarbonyl (C=S) groups is 1. The molecule has 0 aromatic heterocycles. The highest BCUT2D eigenvalue weighted by atomic mass is 32.1. The van der Waals surface area contributed by atoms with Crippen LogP contribution in [-0.2, 0) is 4.74 Å². The van der Waals surface area contributed by atoms with E-state index in [1.165, 1.54) is 0 Å². The van der Waals surface area contributed by atoms with Crippen LogP contribution in [0.2, 0.25) is 0 Å². The van der Waals surface area contributed by atoms with Gasteiger partial charge in [0.25, 0.3) is 0 Å². The Morgan fingerprint density at radius 2 is 1.94 bits per heavy atom. The first-order chi connectivity index (χ1) is 7.67. The van der Waals surface area contributed by atoms with E-state index in [9.17, 15) is 0 Å². The molecule has 4 heteroatoms. The zero-order valence-corrected chi connectivity index (χ0v) is 11.9. The van der Waals surface area contributed by atoms with Crippen LogP contribution in [-0.4, -0.2) is 42.9 Å². The first-order valence-corrected chi connectivity index (χ1v) is 6.66. The van der Waals surface area contributed by atoms with Gasteiger partial charge in [-0.25, -0.2) is 0 Å². The molecule has 0 amide bonds. The molecule has 0 bridgehead atoms. The fourth-order valence-corrected chi connectivity index (χ4v) is 1.89. The zero-order valence-electron chi connectivity index (χ0n) is 11.1. The van der Waals surface area contributed by atoms with E-state index < -0.39 is 0 Å². The normalized spacial score (nSPS) is 10.6. The minimum absolute atomic E-state index is 0.548. The summed E-state index contributed by atoms with van der Waals surface area (Å²) < 4.78 is 5.27. The SMILES string of the molecule is CCOCCCNC(=S)N(C)C(CC)CC. The number of nitrogens with one attached hydrogen (secondary N) is 1. The number of hydrogen-bond donors (Lipinski definition) is 1. The lowest BCUT2D eigenvalue weighted by atomic mass is 10.1. The zero-order chi connectivity index (χ0) is 12.4. The lowest BCUT2D eigenvalue weighted by Crippen LogP contribution is -2.43. The number of rotatable bonds is 8. The van der Waals surface area contributed by atoms with Crippen LogP contribution < -0.4 is 5.32 Å². The highest BCUT2D eigenvalue weighted by Crippen LogP contribution is 2.05. The van der Waals surface area contributed by atoms with Crippen LogP contribution in [0.1, 0.15) is 40.0 Å². The Morgan fingerprint density at radius 3 is 2.44 bits per heavy atom. The van der Waals surface area contributed by atoms with Crippen molar-refractivity contribution in [2.24, 2.45) is 0 Å². The van der Waals surface area contributed by atoms with Gasteiger partial charge >= 0.3 is 0 Å². The fourth-order valence-electron chi connectivity index (χ4n) is 1.64. The summed E-state index contributed by atoms with van der Waals surface area (Å²) in [5.74, 6) is 0.